The first-order valence-corrected chi connectivity index (χ1v) is 6.53. The Bertz CT molecular complexity index is 707. The average Bonchev–Trinajstić information content (AvgIpc) is 2.42. The van der Waals surface area contributed by atoms with Crippen LogP contribution in [-0.2, 0) is 11.2 Å². The van der Waals surface area contributed by atoms with E-state index in [1.54, 1.807) is 30.5 Å². The summed E-state index contributed by atoms with van der Waals surface area (Å²) in [5.41, 5.74) is 0.142. The molecule has 1 N–H and O–H groups in total. The molecule has 2 aromatic rings. The van der Waals surface area contributed by atoms with Crippen LogP contribution in [0.2, 0.25) is 0 Å². The molecule has 0 aliphatic rings. The lowest BCUT2D eigenvalue weighted by Crippen LogP contribution is -2.23. The average molecular weight is 288 g/mol. The van der Waals surface area contributed by atoms with Crippen molar-refractivity contribution in [2.75, 3.05) is 0 Å². The van der Waals surface area contributed by atoms with Gasteiger partial charge in [-0.25, -0.2) is 4.98 Å². The molecule has 0 saturated heterocycles. The fourth-order valence-corrected chi connectivity index (χ4v) is 1.90. The number of rotatable bonds is 5. The molecule has 0 saturated carbocycles. The molecule has 0 amide bonds. The lowest BCUT2D eigenvalue weighted by atomic mass is 10.1. The first kappa shape index (κ1) is 14.8. The topological polar surface area (TPSA) is 81.4 Å². The van der Waals surface area contributed by atoms with E-state index in [1.807, 2.05) is 13.8 Å². The van der Waals surface area contributed by atoms with E-state index >= 15 is 0 Å². The molecule has 1 aromatic heterocycles. The summed E-state index contributed by atoms with van der Waals surface area (Å²) in [4.78, 5) is 27.0. The van der Waals surface area contributed by atoms with Crippen molar-refractivity contribution in [1.29, 1.82) is 0 Å². The lowest BCUT2D eigenvalue weighted by Gasteiger charge is -2.12. The molecule has 0 atom stereocenters. The Hall–Kier alpha value is -2.63. The predicted molar refractivity (Wildman–Crippen MR) is 76.7 cm³/mol. The zero-order chi connectivity index (χ0) is 15.4. The first-order valence-electron chi connectivity index (χ1n) is 6.53. The molecule has 110 valence electrons. The number of aliphatic carboxylic acids is 1. The number of aromatic nitrogens is 2. The molecule has 0 spiro atoms. The van der Waals surface area contributed by atoms with Crippen LogP contribution in [0, 0.1) is 0 Å². The highest BCUT2D eigenvalue weighted by Crippen LogP contribution is 2.22. The highest BCUT2D eigenvalue weighted by molar-refractivity contribution is 5.71. The first-order chi connectivity index (χ1) is 9.99. The highest BCUT2D eigenvalue weighted by Gasteiger charge is 2.13. The maximum atomic E-state index is 12.2. The summed E-state index contributed by atoms with van der Waals surface area (Å²) in [6.45, 7) is 3.76. The highest BCUT2D eigenvalue weighted by atomic mass is 16.5. The molecule has 6 heteroatoms. The van der Waals surface area contributed by atoms with E-state index in [0.717, 1.165) is 0 Å². The van der Waals surface area contributed by atoms with Crippen molar-refractivity contribution in [1.82, 2.24) is 9.55 Å². The van der Waals surface area contributed by atoms with E-state index in [4.69, 9.17) is 9.84 Å². The third kappa shape index (κ3) is 3.47. The van der Waals surface area contributed by atoms with Crippen LogP contribution >= 0.6 is 0 Å². The Balaban J connectivity index is 2.37. The monoisotopic (exact) mass is 288 g/mol. The molecule has 0 bridgehead atoms. The summed E-state index contributed by atoms with van der Waals surface area (Å²) < 4.78 is 7.03. The van der Waals surface area contributed by atoms with Gasteiger partial charge < -0.3 is 14.4 Å². The molecule has 21 heavy (non-hydrogen) atoms. The van der Waals surface area contributed by atoms with Gasteiger partial charge >= 0.3 is 11.5 Å². The van der Waals surface area contributed by atoms with Crippen molar-refractivity contribution in [2.45, 2.75) is 26.3 Å². The third-order valence-electron chi connectivity index (χ3n) is 2.91. The van der Waals surface area contributed by atoms with Gasteiger partial charge in [-0.05, 0) is 19.9 Å². The van der Waals surface area contributed by atoms with Gasteiger partial charge in [0.05, 0.1) is 6.42 Å². The van der Waals surface area contributed by atoms with Gasteiger partial charge in [0, 0.05) is 24.0 Å². The molecule has 0 unspecified atom stereocenters. The van der Waals surface area contributed by atoms with Gasteiger partial charge in [0.25, 0.3) is 5.88 Å². The predicted octanol–water partition coefficient (Wildman–Crippen LogP) is 2.24. The van der Waals surface area contributed by atoms with Crippen molar-refractivity contribution in [3.63, 3.8) is 0 Å². The zero-order valence-electron chi connectivity index (χ0n) is 11.8. The number of ether oxygens (including phenoxy) is 1. The van der Waals surface area contributed by atoms with Crippen LogP contribution < -0.4 is 10.3 Å². The van der Waals surface area contributed by atoms with E-state index in [2.05, 4.69) is 4.98 Å². The minimum Gasteiger partial charge on any atom is -0.481 e. The second-order valence-corrected chi connectivity index (χ2v) is 4.82. The fourth-order valence-electron chi connectivity index (χ4n) is 1.90. The lowest BCUT2D eigenvalue weighted by molar-refractivity contribution is -0.136. The van der Waals surface area contributed by atoms with E-state index < -0.39 is 5.97 Å². The number of benzene rings is 1. The normalized spacial score (nSPS) is 10.6. The van der Waals surface area contributed by atoms with Crippen molar-refractivity contribution in [3.8, 4) is 11.6 Å². The number of para-hydroxylation sites is 1. The van der Waals surface area contributed by atoms with Gasteiger partial charge in [0.1, 0.15) is 5.75 Å². The van der Waals surface area contributed by atoms with Gasteiger partial charge in [-0.1, -0.05) is 18.2 Å². The summed E-state index contributed by atoms with van der Waals surface area (Å²) in [6, 6.07) is 6.68. The zero-order valence-corrected chi connectivity index (χ0v) is 11.8. The Morgan fingerprint density at radius 2 is 2.10 bits per heavy atom. The number of carboxylic acids is 1. The molecular weight excluding hydrogens is 272 g/mol. The number of nitrogens with zero attached hydrogens (tertiary/aromatic N) is 2. The van der Waals surface area contributed by atoms with Crippen LogP contribution in [0.4, 0.5) is 0 Å². The summed E-state index contributed by atoms with van der Waals surface area (Å²) in [7, 11) is 0. The van der Waals surface area contributed by atoms with E-state index in [9.17, 15) is 9.59 Å². The molecule has 0 aliphatic carbocycles. The van der Waals surface area contributed by atoms with Gasteiger partial charge in [0.2, 0.25) is 0 Å². The van der Waals surface area contributed by atoms with Crippen molar-refractivity contribution in [2.24, 2.45) is 0 Å². The number of hydrogen-bond acceptors (Lipinski definition) is 4. The minimum absolute atomic E-state index is 0.0166. The number of carboxylic acid groups (broad SMARTS) is 1. The van der Waals surface area contributed by atoms with Gasteiger partial charge in [-0.15, -0.1) is 0 Å². The van der Waals surface area contributed by atoms with E-state index in [0.29, 0.717) is 11.3 Å². The van der Waals surface area contributed by atoms with E-state index in [1.165, 1.54) is 10.8 Å². The molecule has 0 radical (unpaired) electrons. The van der Waals surface area contributed by atoms with Crippen LogP contribution in [-0.4, -0.2) is 20.6 Å². The Kier molecular flexibility index (Phi) is 4.37. The molecule has 1 aromatic carbocycles. The summed E-state index contributed by atoms with van der Waals surface area (Å²) >= 11 is 0. The van der Waals surface area contributed by atoms with Crippen LogP contribution in [0.1, 0.15) is 25.5 Å². The summed E-state index contributed by atoms with van der Waals surface area (Å²) in [5.74, 6) is -0.707. The van der Waals surface area contributed by atoms with Gasteiger partial charge in [-0.2, -0.15) is 0 Å². The molecular formula is C15H16N2O4. The Labute approximate surface area is 121 Å². The Morgan fingerprint density at radius 3 is 2.76 bits per heavy atom. The molecule has 0 fully saturated rings. The number of carbonyl (C=O) groups is 1. The van der Waals surface area contributed by atoms with Crippen LogP contribution in [0.3, 0.4) is 0 Å². The fraction of sp³-hybridized carbons (Fsp3) is 0.267. The molecule has 6 nitrogen and oxygen atoms in total. The van der Waals surface area contributed by atoms with Crippen molar-refractivity contribution < 1.29 is 14.6 Å². The standard InChI is InChI=1S/C15H16N2O4/c1-10(2)17-8-7-16-14(15(17)20)21-12-6-4-3-5-11(12)9-13(18)19/h3-8,10H,9H2,1-2H3,(H,18,19). The Morgan fingerprint density at radius 1 is 1.38 bits per heavy atom. The van der Waals surface area contributed by atoms with Crippen molar-refractivity contribution in [3.05, 3.63) is 52.6 Å². The second kappa shape index (κ2) is 6.21. The molecule has 2 rings (SSSR count). The smallest absolute Gasteiger partial charge is 0.313 e. The minimum atomic E-state index is -0.966. The third-order valence-corrected chi connectivity index (χ3v) is 2.91. The van der Waals surface area contributed by atoms with Gasteiger partial charge in [0.15, 0.2) is 0 Å². The van der Waals surface area contributed by atoms with Gasteiger partial charge in [-0.3, -0.25) is 9.59 Å². The molecule has 0 aliphatic heterocycles. The maximum Gasteiger partial charge on any atom is 0.313 e. The second-order valence-electron chi connectivity index (χ2n) is 4.82. The van der Waals surface area contributed by atoms with Crippen LogP contribution in [0.15, 0.2) is 41.5 Å². The number of hydrogen-bond donors (Lipinski definition) is 1. The summed E-state index contributed by atoms with van der Waals surface area (Å²) in [5, 5.41) is 8.89. The van der Waals surface area contributed by atoms with Crippen LogP contribution in [0.5, 0.6) is 11.6 Å². The molecule has 1 heterocycles. The summed E-state index contributed by atoms with van der Waals surface area (Å²) in [6.07, 6.45) is 2.89. The van der Waals surface area contributed by atoms with Crippen LogP contribution in [0.25, 0.3) is 0 Å². The van der Waals surface area contributed by atoms with E-state index in [-0.39, 0.29) is 23.9 Å². The van der Waals surface area contributed by atoms with Crippen molar-refractivity contribution >= 4 is 5.97 Å². The maximum absolute atomic E-state index is 12.2. The largest absolute Gasteiger partial charge is 0.481 e. The SMILES string of the molecule is CC(C)n1ccnc(Oc2ccccc2CC(=O)O)c1=O. The quantitative estimate of drug-likeness (QED) is 0.912.